The summed E-state index contributed by atoms with van der Waals surface area (Å²) in [7, 11) is 0. The van der Waals surface area contributed by atoms with Crippen molar-refractivity contribution < 1.29 is 13.6 Å². The maximum Gasteiger partial charge on any atom is 0.318 e. The Hall–Kier alpha value is -1.69. The van der Waals surface area contributed by atoms with Crippen molar-refractivity contribution in [2.45, 2.75) is 75.8 Å². The molecule has 1 aromatic rings. The number of urea groups is 1. The van der Waals surface area contributed by atoms with Crippen molar-refractivity contribution in [3.63, 3.8) is 0 Å². The van der Waals surface area contributed by atoms with E-state index in [2.05, 4.69) is 5.32 Å². The highest BCUT2D eigenvalue weighted by atomic mass is 19.3. The zero-order valence-electron chi connectivity index (χ0n) is 16.8. The highest BCUT2D eigenvalue weighted by Gasteiger charge is 2.58. The first-order valence-corrected chi connectivity index (χ1v) is 10.6. The molecule has 0 aromatic heterocycles. The lowest BCUT2D eigenvalue weighted by atomic mass is 9.78. The zero-order valence-corrected chi connectivity index (χ0v) is 16.8. The molecule has 156 valence electrons. The van der Waals surface area contributed by atoms with E-state index in [4.69, 9.17) is 5.73 Å². The predicted molar refractivity (Wildman–Crippen MR) is 107 cm³/mol. The molecule has 1 saturated heterocycles. The van der Waals surface area contributed by atoms with Gasteiger partial charge in [0.1, 0.15) is 5.54 Å². The minimum absolute atomic E-state index is 0.175. The van der Waals surface area contributed by atoms with Gasteiger partial charge in [0.15, 0.2) is 0 Å². The Morgan fingerprint density at radius 2 is 1.89 bits per heavy atom. The Labute approximate surface area is 166 Å². The van der Waals surface area contributed by atoms with E-state index >= 15 is 8.78 Å². The molecule has 3 rings (SSSR count). The second-order valence-corrected chi connectivity index (χ2v) is 8.52. The molecule has 1 aliphatic heterocycles. The number of amides is 2. The van der Waals surface area contributed by atoms with Crippen LogP contribution in [0.2, 0.25) is 0 Å². The van der Waals surface area contributed by atoms with Gasteiger partial charge in [0.05, 0.1) is 0 Å². The number of hydrogen-bond donors (Lipinski definition) is 2. The van der Waals surface area contributed by atoms with Crippen LogP contribution >= 0.6 is 0 Å². The second kappa shape index (κ2) is 8.76. The maximum absolute atomic E-state index is 15.1. The summed E-state index contributed by atoms with van der Waals surface area (Å²) in [4.78, 5) is 14.4. The van der Waals surface area contributed by atoms with Gasteiger partial charge in [-0.2, -0.15) is 0 Å². The first kappa shape index (κ1) is 21.0. The molecular formula is C22H33F2N3O. The van der Waals surface area contributed by atoms with Crippen LogP contribution in [-0.2, 0) is 5.54 Å². The molecule has 2 aliphatic rings. The van der Waals surface area contributed by atoms with E-state index in [-0.39, 0.29) is 12.5 Å². The number of rotatable bonds is 5. The van der Waals surface area contributed by atoms with Gasteiger partial charge in [0.2, 0.25) is 0 Å². The molecule has 2 fully saturated rings. The number of carbonyl (C=O) groups excluding carboxylic acids is 1. The molecule has 6 heteroatoms. The highest BCUT2D eigenvalue weighted by molar-refractivity contribution is 5.76. The van der Waals surface area contributed by atoms with Crippen LogP contribution in [-0.4, -0.2) is 36.0 Å². The topological polar surface area (TPSA) is 58.4 Å². The molecule has 0 spiro atoms. The van der Waals surface area contributed by atoms with Gasteiger partial charge in [0, 0.05) is 25.6 Å². The number of benzene rings is 1. The first-order valence-electron chi connectivity index (χ1n) is 10.6. The SMILES string of the molecule is CC1(c2ccccc2)N(C(=O)N[C@H](CN)CC2CCCCC2)CCCC1(F)F. The van der Waals surface area contributed by atoms with Gasteiger partial charge in [-0.1, -0.05) is 62.4 Å². The van der Waals surface area contributed by atoms with Crippen LogP contribution in [0.5, 0.6) is 0 Å². The van der Waals surface area contributed by atoms with Gasteiger partial charge >= 0.3 is 6.03 Å². The number of halogens is 2. The molecule has 1 aromatic carbocycles. The third-order valence-corrected chi connectivity index (χ3v) is 6.66. The fraction of sp³-hybridized carbons (Fsp3) is 0.682. The summed E-state index contributed by atoms with van der Waals surface area (Å²) in [5, 5.41) is 2.98. The molecular weight excluding hydrogens is 360 g/mol. The van der Waals surface area contributed by atoms with E-state index in [1.165, 1.54) is 31.1 Å². The lowest BCUT2D eigenvalue weighted by Gasteiger charge is -2.50. The van der Waals surface area contributed by atoms with E-state index in [9.17, 15) is 4.79 Å². The predicted octanol–water partition coefficient (Wildman–Crippen LogP) is 4.64. The number of alkyl halides is 2. The number of nitrogens with two attached hydrogens (primary N) is 1. The van der Waals surface area contributed by atoms with Crippen LogP contribution in [0.4, 0.5) is 13.6 Å². The van der Waals surface area contributed by atoms with Crippen molar-refractivity contribution >= 4 is 6.03 Å². The summed E-state index contributed by atoms with van der Waals surface area (Å²) in [6, 6.07) is 8.04. The molecule has 2 amide bonds. The van der Waals surface area contributed by atoms with Crippen molar-refractivity contribution in [1.29, 1.82) is 0 Å². The molecule has 1 unspecified atom stereocenters. The largest absolute Gasteiger partial charge is 0.334 e. The number of hydrogen-bond acceptors (Lipinski definition) is 2. The number of nitrogens with zero attached hydrogens (tertiary/aromatic N) is 1. The summed E-state index contributed by atoms with van der Waals surface area (Å²) in [6.07, 6.45) is 6.94. The molecule has 4 nitrogen and oxygen atoms in total. The zero-order chi connectivity index (χ0) is 20.2. The highest BCUT2D eigenvalue weighted by Crippen LogP contribution is 2.48. The molecule has 1 heterocycles. The van der Waals surface area contributed by atoms with Gasteiger partial charge in [-0.3, -0.25) is 0 Å². The van der Waals surface area contributed by atoms with Gasteiger partial charge in [-0.25, -0.2) is 13.6 Å². The summed E-state index contributed by atoms with van der Waals surface area (Å²) >= 11 is 0. The first-order chi connectivity index (χ1) is 13.4. The molecule has 1 saturated carbocycles. The lowest BCUT2D eigenvalue weighted by Crippen LogP contribution is -2.64. The minimum atomic E-state index is -2.99. The fourth-order valence-corrected chi connectivity index (χ4v) is 4.85. The lowest BCUT2D eigenvalue weighted by molar-refractivity contribution is -0.155. The minimum Gasteiger partial charge on any atom is -0.334 e. The number of nitrogens with one attached hydrogen (secondary N) is 1. The quantitative estimate of drug-likeness (QED) is 0.766. The van der Waals surface area contributed by atoms with Crippen LogP contribution < -0.4 is 11.1 Å². The van der Waals surface area contributed by atoms with Crippen molar-refractivity contribution in [3.8, 4) is 0 Å². The Kier molecular flexibility index (Phi) is 6.58. The van der Waals surface area contributed by atoms with Crippen molar-refractivity contribution in [3.05, 3.63) is 35.9 Å². The Bertz CT molecular complexity index is 648. The van der Waals surface area contributed by atoms with Gasteiger partial charge < -0.3 is 16.0 Å². The van der Waals surface area contributed by atoms with Gasteiger partial charge in [-0.15, -0.1) is 0 Å². The number of piperidine rings is 1. The van der Waals surface area contributed by atoms with Crippen LogP contribution in [0.25, 0.3) is 0 Å². The number of carbonyl (C=O) groups is 1. The smallest absolute Gasteiger partial charge is 0.318 e. The molecule has 28 heavy (non-hydrogen) atoms. The fourth-order valence-electron chi connectivity index (χ4n) is 4.85. The van der Waals surface area contributed by atoms with Crippen LogP contribution in [0.15, 0.2) is 30.3 Å². The summed E-state index contributed by atoms with van der Waals surface area (Å²) in [5.41, 5.74) is 4.72. The van der Waals surface area contributed by atoms with Gasteiger partial charge in [-0.05, 0) is 31.2 Å². The molecule has 1 aliphatic carbocycles. The van der Waals surface area contributed by atoms with E-state index < -0.39 is 17.5 Å². The average Bonchev–Trinajstić information content (AvgIpc) is 2.70. The number of likely N-dealkylation sites (tertiary alicyclic amines) is 1. The monoisotopic (exact) mass is 393 g/mol. The summed E-state index contributed by atoms with van der Waals surface area (Å²) < 4.78 is 30.2. The Morgan fingerprint density at radius 1 is 1.21 bits per heavy atom. The Morgan fingerprint density at radius 3 is 2.54 bits per heavy atom. The second-order valence-electron chi connectivity index (χ2n) is 8.52. The Balaban J connectivity index is 1.77. The molecule has 3 N–H and O–H groups in total. The van der Waals surface area contributed by atoms with Gasteiger partial charge in [0.25, 0.3) is 5.92 Å². The van der Waals surface area contributed by atoms with Crippen molar-refractivity contribution in [2.24, 2.45) is 11.7 Å². The van der Waals surface area contributed by atoms with E-state index in [0.717, 1.165) is 19.3 Å². The maximum atomic E-state index is 15.1. The normalized spacial score (nSPS) is 26.6. The van der Waals surface area contributed by atoms with E-state index in [1.807, 2.05) is 0 Å². The summed E-state index contributed by atoms with van der Waals surface area (Å²) in [5.74, 6) is -2.43. The van der Waals surface area contributed by atoms with Crippen molar-refractivity contribution in [1.82, 2.24) is 10.2 Å². The molecule has 0 radical (unpaired) electrons. The van der Waals surface area contributed by atoms with Crippen LogP contribution in [0.1, 0.15) is 63.9 Å². The average molecular weight is 394 g/mol. The third-order valence-electron chi connectivity index (χ3n) is 6.66. The van der Waals surface area contributed by atoms with E-state index in [1.54, 1.807) is 30.3 Å². The molecule has 0 bridgehead atoms. The van der Waals surface area contributed by atoms with Crippen LogP contribution in [0, 0.1) is 5.92 Å². The summed E-state index contributed by atoms with van der Waals surface area (Å²) in [6.45, 7) is 2.13. The third kappa shape index (κ3) is 4.17. The van der Waals surface area contributed by atoms with E-state index in [0.29, 0.717) is 31.0 Å². The van der Waals surface area contributed by atoms with Crippen LogP contribution in [0.3, 0.4) is 0 Å². The standard InChI is InChI=1S/C22H33F2N3O/c1-21(18-11-6-3-7-12-18)22(23,24)13-8-14-27(21)20(28)26-19(16-25)15-17-9-4-2-5-10-17/h3,6-7,11-12,17,19H,2,4-5,8-10,13-16,25H2,1H3,(H,26,28)/t19-,21?/m0/s1. The molecule has 2 atom stereocenters. The van der Waals surface area contributed by atoms with Crippen molar-refractivity contribution in [2.75, 3.05) is 13.1 Å².